The second-order valence-corrected chi connectivity index (χ2v) is 5.10. The highest BCUT2D eigenvalue weighted by Gasteiger charge is 2.07. The lowest BCUT2D eigenvalue weighted by molar-refractivity contribution is 0.734. The van der Waals surface area contributed by atoms with Crippen molar-refractivity contribution >= 4 is 0 Å². The lowest BCUT2D eigenvalue weighted by Gasteiger charge is -2.06. The normalized spacial score (nSPS) is 10.7. The average molecular weight is 278 g/mol. The number of H-pyrrole nitrogens is 1. The molecule has 0 fully saturated rings. The lowest BCUT2D eigenvalue weighted by atomic mass is 9.99. The second-order valence-electron chi connectivity index (χ2n) is 5.10. The van der Waals surface area contributed by atoms with Crippen LogP contribution in [0.4, 0.5) is 0 Å². The number of nitrogens with zero attached hydrogens (tertiary/aromatic N) is 3. The monoisotopic (exact) mass is 278 g/mol. The number of benzene rings is 2. The third kappa shape index (κ3) is 3.54. The summed E-state index contributed by atoms with van der Waals surface area (Å²) in [6, 6.07) is 18.9. The van der Waals surface area contributed by atoms with Crippen LogP contribution in [0.3, 0.4) is 0 Å². The van der Waals surface area contributed by atoms with Gasteiger partial charge in [0.2, 0.25) is 0 Å². The molecule has 0 aliphatic rings. The summed E-state index contributed by atoms with van der Waals surface area (Å²) in [6.07, 6.45) is 4.52. The Hall–Kier alpha value is -2.49. The predicted octanol–water partition coefficient (Wildman–Crippen LogP) is 3.43. The Morgan fingerprint density at radius 3 is 2.38 bits per heavy atom. The molecule has 1 heterocycles. The minimum absolute atomic E-state index is 0.744. The van der Waals surface area contributed by atoms with Crippen LogP contribution < -0.4 is 0 Å². The molecule has 4 heteroatoms. The highest BCUT2D eigenvalue weighted by Crippen LogP contribution is 2.21. The number of unbranched alkanes of at least 4 members (excludes halogenated alkanes) is 1. The highest BCUT2D eigenvalue weighted by atomic mass is 15.5. The summed E-state index contributed by atoms with van der Waals surface area (Å²) >= 11 is 0. The predicted molar refractivity (Wildman–Crippen MR) is 82.7 cm³/mol. The van der Waals surface area contributed by atoms with Crippen LogP contribution in [0.15, 0.2) is 54.6 Å². The summed E-state index contributed by atoms with van der Waals surface area (Å²) in [5.74, 6) is 0.744. The minimum Gasteiger partial charge on any atom is -0.239 e. The Morgan fingerprint density at radius 1 is 0.810 bits per heavy atom. The molecular formula is C17H18N4. The number of nitrogens with one attached hydrogen (secondary N) is 1. The molecule has 3 rings (SSSR count). The van der Waals surface area contributed by atoms with Crippen molar-refractivity contribution in [2.75, 3.05) is 0 Å². The van der Waals surface area contributed by atoms with Crippen LogP contribution >= 0.6 is 0 Å². The van der Waals surface area contributed by atoms with Gasteiger partial charge in [0.25, 0.3) is 0 Å². The third-order valence-electron chi connectivity index (χ3n) is 3.62. The molecule has 106 valence electrons. The zero-order chi connectivity index (χ0) is 14.3. The van der Waals surface area contributed by atoms with Gasteiger partial charge in [0, 0.05) is 5.56 Å². The molecule has 0 saturated carbocycles. The van der Waals surface area contributed by atoms with Gasteiger partial charge in [-0.2, -0.15) is 0 Å². The second kappa shape index (κ2) is 6.79. The van der Waals surface area contributed by atoms with Crippen molar-refractivity contribution in [3.8, 4) is 11.4 Å². The van der Waals surface area contributed by atoms with E-state index in [2.05, 4.69) is 69.2 Å². The maximum absolute atomic E-state index is 4.01. The first-order chi connectivity index (χ1) is 10.4. The van der Waals surface area contributed by atoms with E-state index in [1.54, 1.807) is 0 Å². The van der Waals surface area contributed by atoms with E-state index in [1.807, 2.05) is 6.07 Å². The summed E-state index contributed by atoms with van der Waals surface area (Å²) in [5, 5.41) is 14.2. The van der Waals surface area contributed by atoms with Crippen LogP contribution in [0.25, 0.3) is 11.4 Å². The zero-order valence-electron chi connectivity index (χ0n) is 11.9. The van der Waals surface area contributed by atoms with Gasteiger partial charge in [-0.05, 0) is 47.2 Å². The molecule has 0 atom stereocenters. The van der Waals surface area contributed by atoms with Gasteiger partial charge in [-0.1, -0.05) is 54.6 Å². The molecule has 0 radical (unpaired) electrons. The fraction of sp³-hybridized carbons (Fsp3) is 0.235. The van der Waals surface area contributed by atoms with Crippen molar-refractivity contribution in [2.24, 2.45) is 0 Å². The van der Waals surface area contributed by atoms with E-state index in [0.717, 1.165) is 30.7 Å². The lowest BCUT2D eigenvalue weighted by Crippen LogP contribution is -1.93. The van der Waals surface area contributed by atoms with Crippen molar-refractivity contribution in [1.29, 1.82) is 0 Å². The Bertz CT molecular complexity index is 662. The first-order valence-electron chi connectivity index (χ1n) is 7.29. The fourth-order valence-electron chi connectivity index (χ4n) is 2.53. The quantitative estimate of drug-likeness (QED) is 0.703. The third-order valence-corrected chi connectivity index (χ3v) is 3.62. The van der Waals surface area contributed by atoms with E-state index in [1.165, 1.54) is 17.5 Å². The van der Waals surface area contributed by atoms with Crippen LogP contribution in [0, 0.1) is 0 Å². The largest absolute Gasteiger partial charge is 0.239 e. The number of aryl methyl sites for hydroxylation is 2. The minimum atomic E-state index is 0.744. The van der Waals surface area contributed by atoms with Crippen LogP contribution in [0.2, 0.25) is 0 Å². The van der Waals surface area contributed by atoms with Crippen molar-refractivity contribution < 1.29 is 0 Å². The number of aromatic nitrogens is 4. The Morgan fingerprint density at radius 2 is 1.57 bits per heavy atom. The maximum atomic E-state index is 4.01. The molecule has 0 saturated heterocycles. The van der Waals surface area contributed by atoms with Crippen LogP contribution in [0.5, 0.6) is 0 Å². The average Bonchev–Trinajstić information content (AvgIpc) is 3.07. The Kier molecular flexibility index (Phi) is 4.36. The molecule has 0 spiro atoms. The SMILES string of the molecule is c1ccc(CCCCc2ccccc2-c2nnn[nH]2)cc1. The summed E-state index contributed by atoms with van der Waals surface area (Å²) in [4.78, 5) is 0. The van der Waals surface area contributed by atoms with Gasteiger partial charge in [0.1, 0.15) is 0 Å². The molecule has 1 N–H and O–H groups in total. The summed E-state index contributed by atoms with van der Waals surface area (Å²) in [6.45, 7) is 0. The molecule has 0 aliphatic heterocycles. The molecular weight excluding hydrogens is 260 g/mol. The van der Waals surface area contributed by atoms with E-state index in [-0.39, 0.29) is 0 Å². The topological polar surface area (TPSA) is 54.5 Å². The van der Waals surface area contributed by atoms with Gasteiger partial charge in [0.05, 0.1) is 0 Å². The molecule has 0 amide bonds. The van der Waals surface area contributed by atoms with Crippen molar-refractivity contribution in [3.05, 3.63) is 65.7 Å². The number of hydrogen-bond donors (Lipinski definition) is 1. The van der Waals surface area contributed by atoms with Crippen LogP contribution in [0.1, 0.15) is 24.0 Å². The first kappa shape index (κ1) is 13.5. The zero-order valence-corrected chi connectivity index (χ0v) is 11.9. The number of tetrazole rings is 1. The van der Waals surface area contributed by atoms with Crippen molar-refractivity contribution in [3.63, 3.8) is 0 Å². The van der Waals surface area contributed by atoms with Gasteiger partial charge in [0.15, 0.2) is 5.82 Å². The fourth-order valence-corrected chi connectivity index (χ4v) is 2.53. The summed E-state index contributed by atoms with van der Waals surface area (Å²) in [7, 11) is 0. The molecule has 3 aromatic rings. The van der Waals surface area contributed by atoms with E-state index in [0.29, 0.717) is 0 Å². The molecule has 4 nitrogen and oxygen atoms in total. The van der Waals surface area contributed by atoms with E-state index >= 15 is 0 Å². The van der Waals surface area contributed by atoms with Crippen molar-refractivity contribution in [2.45, 2.75) is 25.7 Å². The molecule has 2 aromatic carbocycles. The first-order valence-corrected chi connectivity index (χ1v) is 7.29. The number of rotatable bonds is 6. The summed E-state index contributed by atoms with van der Waals surface area (Å²) < 4.78 is 0. The maximum Gasteiger partial charge on any atom is 0.179 e. The van der Waals surface area contributed by atoms with Crippen molar-refractivity contribution in [1.82, 2.24) is 20.6 Å². The molecule has 0 bridgehead atoms. The van der Waals surface area contributed by atoms with Gasteiger partial charge in [-0.25, -0.2) is 5.10 Å². The molecule has 0 unspecified atom stereocenters. The van der Waals surface area contributed by atoms with Gasteiger partial charge < -0.3 is 0 Å². The Labute approximate surface area is 124 Å². The van der Waals surface area contributed by atoms with Gasteiger partial charge in [-0.3, -0.25) is 0 Å². The smallest absolute Gasteiger partial charge is 0.179 e. The van der Waals surface area contributed by atoms with E-state index in [4.69, 9.17) is 0 Å². The van der Waals surface area contributed by atoms with Gasteiger partial charge >= 0.3 is 0 Å². The highest BCUT2D eigenvalue weighted by molar-refractivity contribution is 5.59. The van der Waals surface area contributed by atoms with Gasteiger partial charge in [-0.15, -0.1) is 5.10 Å². The van der Waals surface area contributed by atoms with Crippen LogP contribution in [-0.2, 0) is 12.8 Å². The van der Waals surface area contributed by atoms with E-state index < -0.39 is 0 Å². The summed E-state index contributed by atoms with van der Waals surface area (Å²) in [5.41, 5.74) is 3.80. The molecule has 21 heavy (non-hydrogen) atoms. The van der Waals surface area contributed by atoms with Crippen LogP contribution in [-0.4, -0.2) is 20.6 Å². The number of hydrogen-bond acceptors (Lipinski definition) is 3. The Balaban J connectivity index is 1.59. The molecule has 0 aliphatic carbocycles. The number of aromatic amines is 1. The standard InChI is InChI=1S/C17H18N4/c1-2-8-14(9-3-1)10-4-5-11-15-12-6-7-13-16(15)17-18-20-21-19-17/h1-3,6-9,12-13H,4-5,10-11H2,(H,18,19,20,21). The van der Waals surface area contributed by atoms with E-state index in [9.17, 15) is 0 Å². The molecule has 1 aromatic heterocycles.